The lowest BCUT2D eigenvalue weighted by molar-refractivity contribution is -0.120. The van der Waals surface area contributed by atoms with E-state index in [1.54, 1.807) is 0 Å². The maximum absolute atomic E-state index is 12.7. The number of amides is 1. The zero-order valence-electron chi connectivity index (χ0n) is 13.9. The molecule has 2 fully saturated rings. The Balaban J connectivity index is 1.79. The largest absolute Gasteiger partial charge is 0.506 e. The molecule has 2 aliphatic rings. The van der Waals surface area contributed by atoms with E-state index < -0.39 is 10.0 Å². The number of hydrogen-bond acceptors (Lipinski definition) is 6. The van der Waals surface area contributed by atoms with Gasteiger partial charge in [0.15, 0.2) is 0 Å². The number of hydrogen-bond donors (Lipinski definition) is 3. The third-order valence-electron chi connectivity index (χ3n) is 4.54. The zero-order chi connectivity index (χ0) is 17.9. The number of carbonyl (C=O) groups excluding carboxylic acids is 1. The molecule has 3 N–H and O–H groups in total. The fourth-order valence-electron chi connectivity index (χ4n) is 3.03. The van der Waals surface area contributed by atoms with E-state index >= 15 is 0 Å². The van der Waals surface area contributed by atoms with Gasteiger partial charge in [0.25, 0.3) is 0 Å². The number of aromatic hydroxyl groups is 1. The van der Waals surface area contributed by atoms with Gasteiger partial charge in [0, 0.05) is 19.0 Å². The van der Waals surface area contributed by atoms with Gasteiger partial charge >= 0.3 is 0 Å². The van der Waals surface area contributed by atoms with E-state index in [-0.39, 0.29) is 28.2 Å². The molecule has 0 spiro atoms. The van der Waals surface area contributed by atoms with E-state index in [0.29, 0.717) is 26.3 Å². The number of morpholine rings is 1. The van der Waals surface area contributed by atoms with Crippen LogP contribution < -0.4 is 10.6 Å². The van der Waals surface area contributed by atoms with Crippen molar-refractivity contribution in [2.75, 3.05) is 44.7 Å². The summed E-state index contributed by atoms with van der Waals surface area (Å²) >= 11 is 0. The molecule has 0 bridgehead atoms. The second-order valence-electron chi connectivity index (χ2n) is 6.21. The van der Waals surface area contributed by atoms with Crippen LogP contribution in [0.4, 0.5) is 5.69 Å². The summed E-state index contributed by atoms with van der Waals surface area (Å²) in [6.07, 6.45) is 1.44. The molecule has 2 saturated heterocycles. The number of phenols is 1. The topological polar surface area (TPSA) is 108 Å². The molecule has 1 aromatic rings. The number of nitrogens with one attached hydrogen (secondary N) is 2. The first-order valence-electron chi connectivity index (χ1n) is 8.41. The van der Waals surface area contributed by atoms with Crippen molar-refractivity contribution in [3.05, 3.63) is 18.2 Å². The Bertz CT molecular complexity index is 725. The highest BCUT2D eigenvalue weighted by molar-refractivity contribution is 7.89. The Morgan fingerprint density at radius 2 is 1.92 bits per heavy atom. The van der Waals surface area contributed by atoms with Crippen molar-refractivity contribution in [2.45, 2.75) is 17.7 Å². The van der Waals surface area contributed by atoms with Gasteiger partial charge in [-0.2, -0.15) is 4.31 Å². The third kappa shape index (κ3) is 4.12. The minimum Gasteiger partial charge on any atom is -0.506 e. The fourth-order valence-corrected chi connectivity index (χ4v) is 4.47. The van der Waals surface area contributed by atoms with Gasteiger partial charge in [0.1, 0.15) is 5.75 Å². The smallest absolute Gasteiger partial charge is 0.243 e. The van der Waals surface area contributed by atoms with Crippen molar-refractivity contribution in [1.82, 2.24) is 9.62 Å². The van der Waals surface area contributed by atoms with Gasteiger partial charge in [-0.05, 0) is 44.1 Å². The second-order valence-corrected chi connectivity index (χ2v) is 8.15. The number of carbonyl (C=O) groups is 1. The van der Waals surface area contributed by atoms with Gasteiger partial charge in [0.05, 0.1) is 23.8 Å². The van der Waals surface area contributed by atoms with Crippen molar-refractivity contribution in [1.29, 1.82) is 0 Å². The van der Waals surface area contributed by atoms with Crippen molar-refractivity contribution < 1.29 is 23.1 Å². The van der Waals surface area contributed by atoms with Crippen LogP contribution in [0.1, 0.15) is 12.8 Å². The molecule has 25 heavy (non-hydrogen) atoms. The molecule has 8 nitrogen and oxygen atoms in total. The summed E-state index contributed by atoms with van der Waals surface area (Å²) < 4.78 is 31.9. The Hall–Kier alpha value is -1.68. The highest BCUT2D eigenvalue weighted by atomic mass is 32.2. The summed E-state index contributed by atoms with van der Waals surface area (Å²) in [6, 6.07) is 3.96. The molecule has 2 aliphatic heterocycles. The zero-order valence-corrected chi connectivity index (χ0v) is 14.7. The molecule has 3 rings (SSSR count). The first-order valence-corrected chi connectivity index (χ1v) is 9.85. The molecule has 2 heterocycles. The number of ether oxygens (including phenoxy) is 1. The van der Waals surface area contributed by atoms with Crippen LogP contribution in [0.5, 0.6) is 5.75 Å². The number of sulfonamides is 1. The average Bonchev–Trinajstić information content (AvgIpc) is 2.64. The predicted molar refractivity (Wildman–Crippen MR) is 91.9 cm³/mol. The van der Waals surface area contributed by atoms with Crippen molar-refractivity contribution in [2.24, 2.45) is 5.92 Å². The molecule has 0 radical (unpaired) electrons. The average molecular weight is 369 g/mol. The van der Waals surface area contributed by atoms with E-state index in [9.17, 15) is 18.3 Å². The van der Waals surface area contributed by atoms with Gasteiger partial charge in [-0.25, -0.2) is 8.42 Å². The molecule has 0 atom stereocenters. The standard InChI is InChI=1S/C16H23N3O5S/c20-15-2-1-13(25(22,23)19-7-9-24-10-8-19)11-14(15)18-16(21)12-3-5-17-6-4-12/h1-2,11-12,17,20H,3-10H2,(H,18,21). The summed E-state index contributed by atoms with van der Waals surface area (Å²) in [5.74, 6) is -0.485. The molecular formula is C16H23N3O5S. The minimum absolute atomic E-state index is 0.0489. The van der Waals surface area contributed by atoms with Crippen LogP contribution in [-0.2, 0) is 19.6 Å². The summed E-state index contributed by atoms with van der Waals surface area (Å²) in [7, 11) is -3.68. The third-order valence-corrected chi connectivity index (χ3v) is 6.44. The normalized spacial score (nSPS) is 20.3. The number of benzene rings is 1. The van der Waals surface area contributed by atoms with E-state index in [2.05, 4.69) is 10.6 Å². The second kappa shape index (κ2) is 7.69. The van der Waals surface area contributed by atoms with E-state index in [0.717, 1.165) is 25.9 Å². The van der Waals surface area contributed by atoms with Crippen molar-refractivity contribution in [3.8, 4) is 5.75 Å². The Kier molecular flexibility index (Phi) is 5.57. The predicted octanol–water partition coefficient (Wildman–Crippen LogP) is 0.351. The lowest BCUT2D eigenvalue weighted by atomic mass is 9.97. The molecular weight excluding hydrogens is 346 g/mol. The first-order chi connectivity index (χ1) is 12.0. The van der Waals surface area contributed by atoms with Crippen LogP contribution in [0.15, 0.2) is 23.1 Å². The molecule has 0 aromatic heterocycles. The Morgan fingerprint density at radius 1 is 1.24 bits per heavy atom. The van der Waals surface area contributed by atoms with Crippen molar-refractivity contribution in [3.63, 3.8) is 0 Å². The van der Waals surface area contributed by atoms with Crippen molar-refractivity contribution >= 4 is 21.6 Å². The molecule has 0 saturated carbocycles. The molecule has 0 aliphatic carbocycles. The first kappa shape index (κ1) is 18.1. The van der Waals surface area contributed by atoms with Crippen LogP contribution in [0.2, 0.25) is 0 Å². The Morgan fingerprint density at radius 3 is 2.60 bits per heavy atom. The van der Waals surface area contributed by atoms with Gasteiger partial charge in [-0.1, -0.05) is 0 Å². The van der Waals surface area contributed by atoms with Gasteiger partial charge in [-0.3, -0.25) is 4.79 Å². The van der Waals surface area contributed by atoms with Gasteiger partial charge in [-0.15, -0.1) is 0 Å². The number of nitrogens with zero attached hydrogens (tertiary/aromatic N) is 1. The van der Waals surface area contributed by atoms with Crippen LogP contribution in [0.25, 0.3) is 0 Å². The van der Waals surface area contributed by atoms with Gasteiger partial charge in [0.2, 0.25) is 15.9 Å². The summed E-state index contributed by atoms with van der Waals surface area (Å²) in [6.45, 7) is 2.85. The van der Waals surface area contributed by atoms with Crippen LogP contribution in [0, 0.1) is 5.92 Å². The van der Waals surface area contributed by atoms with Crippen LogP contribution >= 0.6 is 0 Å². The monoisotopic (exact) mass is 369 g/mol. The minimum atomic E-state index is -3.68. The fraction of sp³-hybridized carbons (Fsp3) is 0.562. The maximum Gasteiger partial charge on any atom is 0.243 e. The summed E-state index contributed by atoms with van der Waals surface area (Å²) in [5, 5.41) is 15.9. The molecule has 1 aromatic carbocycles. The maximum atomic E-state index is 12.7. The molecule has 9 heteroatoms. The molecule has 1 amide bonds. The summed E-state index contributed by atoms with van der Waals surface area (Å²) in [4.78, 5) is 12.4. The number of anilines is 1. The van der Waals surface area contributed by atoms with Gasteiger partial charge < -0.3 is 20.5 Å². The number of phenolic OH excluding ortho intramolecular Hbond substituents is 1. The van der Waals surface area contributed by atoms with E-state index in [4.69, 9.17) is 4.74 Å². The Labute approximate surface area is 147 Å². The van der Waals surface area contributed by atoms with Crippen LogP contribution in [-0.4, -0.2) is 63.1 Å². The lowest BCUT2D eigenvalue weighted by Crippen LogP contribution is -2.40. The highest BCUT2D eigenvalue weighted by Gasteiger charge is 2.28. The number of rotatable bonds is 4. The number of piperidine rings is 1. The quantitative estimate of drug-likeness (QED) is 0.661. The van der Waals surface area contributed by atoms with Crippen LogP contribution in [0.3, 0.4) is 0 Å². The molecule has 0 unspecified atom stereocenters. The SMILES string of the molecule is O=C(Nc1cc(S(=O)(=O)N2CCOCC2)ccc1O)C1CCNCC1. The molecule has 138 valence electrons. The van der Waals surface area contributed by atoms with E-state index in [1.165, 1.54) is 22.5 Å². The summed E-state index contributed by atoms with van der Waals surface area (Å²) in [5.41, 5.74) is 0.123. The van der Waals surface area contributed by atoms with E-state index in [1.807, 2.05) is 0 Å². The highest BCUT2D eigenvalue weighted by Crippen LogP contribution is 2.29. The lowest BCUT2D eigenvalue weighted by Gasteiger charge is -2.26.